The Morgan fingerprint density at radius 3 is 2.89 bits per heavy atom. The van der Waals surface area contributed by atoms with E-state index in [0.717, 1.165) is 0 Å². The lowest BCUT2D eigenvalue weighted by Crippen LogP contribution is -2.21. The van der Waals surface area contributed by atoms with Gasteiger partial charge in [-0.3, -0.25) is 9.78 Å². The molecule has 0 bridgehead atoms. The Hall–Kier alpha value is -3.75. The summed E-state index contributed by atoms with van der Waals surface area (Å²) >= 11 is 5.91. The van der Waals surface area contributed by atoms with Crippen LogP contribution in [0.15, 0.2) is 48.7 Å². The number of nitrogens with zero attached hydrogens (tertiary/aromatic N) is 2. The molecule has 0 aliphatic rings. The zero-order valence-electron chi connectivity index (χ0n) is 18.9. The molecule has 0 aliphatic heterocycles. The third-order valence-electron chi connectivity index (χ3n) is 4.76. The molecule has 3 rings (SSSR count). The summed E-state index contributed by atoms with van der Waals surface area (Å²) in [5, 5.41) is 19.1. The molecule has 3 aromatic rings. The number of hydrogen-bond donors (Lipinski definition) is 4. The van der Waals surface area contributed by atoms with E-state index in [4.69, 9.17) is 22.2 Å². The van der Waals surface area contributed by atoms with Crippen LogP contribution in [0.2, 0.25) is 5.02 Å². The molecule has 182 valence electrons. The first kappa shape index (κ1) is 25.9. The van der Waals surface area contributed by atoms with E-state index in [9.17, 15) is 14.4 Å². The molecule has 9 nitrogen and oxygen atoms in total. The number of halogens is 2. The van der Waals surface area contributed by atoms with Crippen LogP contribution in [0.4, 0.5) is 21.5 Å². The summed E-state index contributed by atoms with van der Waals surface area (Å²) in [5.74, 6) is 4.46. The standard InChI is InChI=1S/C24H24ClFN6O3/c1-2-34-22-12-20-17(11-21(22)32-23(33)4-3-7-29-8-9-35-28)24(15(13-27)14-30-20)31-16-5-6-19(26)18(25)10-16/h3-6,10-12,14,29H,2,7-9,28H2,1H3,(H,30,31)(H,32,33)/b4-3+. The minimum absolute atomic E-state index is 0.0599. The van der Waals surface area contributed by atoms with E-state index in [1.807, 2.05) is 6.92 Å². The molecule has 0 radical (unpaired) electrons. The van der Waals surface area contributed by atoms with Crippen molar-refractivity contribution in [1.82, 2.24) is 10.3 Å². The number of amides is 1. The third kappa shape index (κ3) is 6.88. The number of rotatable bonds is 11. The average molecular weight is 499 g/mol. The van der Waals surface area contributed by atoms with Gasteiger partial charge in [-0.1, -0.05) is 17.7 Å². The van der Waals surface area contributed by atoms with Gasteiger partial charge < -0.3 is 25.5 Å². The van der Waals surface area contributed by atoms with Gasteiger partial charge in [-0.05, 0) is 31.2 Å². The molecule has 0 saturated heterocycles. The van der Waals surface area contributed by atoms with Crippen LogP contribution in [0, 0.1) is 17.1 Å². The van der Waals surface area contributed by atoms with Gasteiger partial charge in [-0.2, -0.15) is 5.26 Å². The predicted molar refractivity (Wildman–Crippen MR) is 133 cm³/mol. The zero-order chi connectivity index (χ0) is 25.2. The smallest absolute Gasteiger partial charge is 0.248 e. The maximum atomic E-state index is 13.6. The van der Waals surface area contributed by atoms with Gasteiger partial charge in [-0.25, -0.2) is 10.3 Å². The van der Waals surface area contributed by atoms with E-state index in [2.05, 4.69) is 31.8 Å². The molecule has 0 fully saturated rings. The van der Waals surface area contributed by atoms with Crippen LogP contribution in [0.1, 0.15) is 12.5 Å². The topological polar surface area (TPSA) is 134 Å². The third-order valence-corrected chi connectivity index (χ3v) is 5.05. The van der Waals surface area contributed by atoms with Crippen LogP contribution < -0.4 is 26.6 Å². The van der Waals surface area contributed by atoms with Crippen LogP contribution in [-0.4, -0.2) is 37.2 Å². The van der Waals surface area contributed by atoms with Crippen molar-refractivity contribution in [2.75, 3.05) is 36.9 Å². The highest BCUT2D eigenvalue weighted by atomic mass is 35.5. The molecule has 0 aliphatic carbocycles. The second-order valence-corrected chi connectivity index (χ2v) is 7.58. The first-order chi connectivity index (χ1) is 17.0. The largest absolute Gasteiger partial charge is 0.492 e. The highest BCUT2D eigenvalue weighted by Gasteiger charge is 2.15. The minimum Gasteiger partial charge on any atom is -0.492 e. The zero-order valence-corrected chi connectivity index (χ0v) is 19.7. The number of nitriles is 1. The van der Waals surface area contributed by atoms with Gasteiger partial charge in [-0.15, -0.1) is 0 Å². The van der Waals surface area contributed by atoms with Crippen molar-refractivity contribution in [3.63, 3.8) is 0 Å². The second kappa shape index (κ2) is 12.6. The molecule has 1 aromatic heterocycles. The molecule has 35 heavy (non-hydrogen) atoms. The summed E-state index contributed by atoms with van der Waals surface area (Å²) in [6, 6.07) is 9.59. The number of nitrogens with one attached hydrogen (secondary N) is 3. The average Bonchev–Trinajstić information content (AvgIpc) is 2.84. The van der Waals surface area contributed by atoms with Gasteiger partial charge >= 0.3 is 0 Å². The van der Waals surface area contributed by atoms with Crippen molar-refractivity contribution in [3.05, 3.63) is 65.1 Å². The summed E-state index contributed by atoms with van der Waals surface area (Å²) < 4.78 is 19.3. The van der Waals surface area contributed by atoms with Crippen molar-refractivity contribution < 1.29 is 18.8 Å². The highest BCUT2D eigenvalue weighted by molar-refractivity contribution is 6.31. The van der Waals surface area contributed by atoms with Gasteiger partial charge in [0, 0.05) is 42.5 Å². The molecule has 1 heterocycles. The van der Waals surface area contributed by atoms with Gasteiger partial charge in [0.25, 0.3) is 0 Å². The molecule has 2 aromatic carbocycles. The SMILES string of the molecule is CCOc1cc2ncc(C#N)c(Nc3ccc(F)c(Cl)c3)c2cc1NC(=O)/C=C/CNCCON. The van der Waals surface area contributed by atoms with E-state index in [1.165, 1.54) is 30.5 Å². The molecule has 0 atom stereocenters. The fourth-order valence-electron chi connectivity index (χ4n) is 3.19. The number of fused-ring (bicyclic) bond motifs is 1. The summed E-state index contributed by atoms with van der Waals surface area (Å²) in [6.45, 7) is 3.55. The molecule has 1 amide bonds. The molecular formula is C24H24ClFN6O3. The molecule has 0 spiro atoms. The van der Waals surface area contributed by atoms with Crippen LogP contribution in [0.5, 0.6) is 5.75 Å². The summed E-state index contributed by atoms with van der Waals surface area (Å²) in [7, 11) is 0. The molecule has 0 unspecified atom stereocenters. The highest BCUT2D eigenvalue weighted by Crippen LogP contribution is 2.36. The van der Waals surface area contributed by atoms with Crippen molar-refractivity contribution in [2.45, 2.75) is 6.92 Å². The minimum atomic E-state index is -0.556. The number of nitrogens with two attached hydrogens (primary N) is 1. The summed E-state index contributed by atoms with van der Waals surface area (Å²) in [4.78, 5) is 21.3. The number of carbonyl (C=O) groups excluding carboxylic acids is 1. The van der Waals surface area contributed by atoms with Crippen LogP contribution in [0.3, 0.4) is 0 Å². The van der Waals surface area contributed by atoms with E-state index in [-0.39, 0.29) is 16.5 Å². The van der Waals surface area contributed by atoms with Crippen molar-refractivity contribution in [1.29, 1.82) is 5.26 Å². The number of hydrogen-bond acceptors (Lipinski definition) is 8. The van der Waals surface area contributed by atoms with Crippen molar-refractivity contribution in [3.8, 4) is 11.8 Å². The quantitative estimate of drug-likeness (QED) is 0.177. The Bertz CT molecular complexity index is 1280. The first-order valence-electron chi connectivity index (χ1n) is 10.7. The van der Waals surface area contributed by atoms with Gasteiger partial charge in [0.1, 0.15) is 17.6 Å². The second-order valence-electron chi connectivity index (χ2n) is 7.18. The molecule has 11 heteroatoms. The lowest BCUT2D eigenvalue weighted by molar-refractivity contribution is -0.111. The maximum absolute atomic E-state index is 13.6. The number of carbonyl (C=O) groups is 1. The van der Waals surface area contributed by atoms with Gasteiger partial charge in [0.2, 0.25) is 5.91 Å². The van der Waals surface area contributed by atoms with Gasteiger partial charge in [0.05, 0.1) is 40.7 Å². The van der Waals surface area contributed by atoms with E-state index >= 15 is 0 Å². The van der Waals surface area contributed by atoms with Crippen LogP contribution in [-0.2, 0) is 9.63 Å². The Morgan fingerprint density at radius 2 is 2.17 bits per heavy atom. The van der Waals surface area contributed by atoms with Crippen molar-refractivity contribution >= 4 is 45.5 Å². The molecular weight excluding hydrogens is 475 g/mol. The normalized spacial score (nSPS) is 10.9. The van der Waals surface area contributed by atoms with Gasteiger partial charge in [0.15, 0.2) is 0 Å². The first-order valence-corrected chi connectivity index (χ1v) is 11.1. The number of anilines is 3. The summed E-state index contributed by atoms with van der Waals surface area (Å²) in [5.41, 5.74) is 2.10. The fourth-order valence-corrected chi connectivity index (χ4v) is 3.37. The lowest BCUT2D eigenvalue weighted by atomic mass is 10.1. The van der Waals surface area contributed by atoms with E-state index in [0.29, 0.717) is 60.0 Å². The lowest BCUT2D eigenvalue weighted by Gasteiger charge is -2.16. The fraction of sp³-hybridized carbons (Fsp3) is 0.208. The monoisotopic (exact) mass is 498 g/mol. The number of benzene rings is 2. The van der Waals surface area contributed by atoms with Crippen LogP contribution in [0.25, 0.3) is 10.9 Å². The Labute approximate surface area is 206 Å². The Balaban J connectivity index is 1.95. The Kier molecular flexibility index (Phi) is 9.34. The summed E-state index contributed by atoms with van der Waals surface area (Å²) in [6.07, 6.45) is 4.48. The number of ether oxygens (including phenoxy) is 1. The molecule has 5 N–H and O–H groups in total. The van der Waals surface area contributed by atoms with E-state index in [1.54, 1.807) is 18.2 Å². The van der Waals surface area contributed by atoms with Crippen molar-refractivity contribution in [2.24, 2.45) is 5.90 Å². The maximum Gasteiger partial charge on any atom is 0.248 e. The number of pyridine rings is 1. The Morgan fingerprint density at radius 1 is 1.34 bits per heavy atom. The van der Waals surface area contributed by atoms with E-state index < -0.39 is 5.82 Å². The predicted octanol–water partition coefficient (Wildman–Crippen LogP) is 4.02. The van der Waals surface area contributed by atoms with Crippen LogP contribution >= 0.6 is 11.6 Å². The molecule has 0 saturated carbocycles. The number of aromatic nitrogens is 1.